The molecule has 0 saturated carbocycles. The van der Waals surface area contributed by atoms with Crippen molar-refractivity contribution in [1.82, 2.24) is 0 Å². The molecule has 0 amide bonds. The maximum atomic E-state index is 9.08. The smallest absolute Gasteiger partial charge is 0.166 e. The zero-order chi connectivity index (χ0) is 11.7. The minimum Gasteiger partial charge on any atom is -0.492 e. The topological polar surface area (TPSA) is 64.7 Å². The quantitative estimate of drug-likeness (QED) is 0.839. The Morgan fingerprint density at radius 1 is 1.69 bits per heavy atom. The first-order valence-corrected chi connectivity index (χ1v) is 5.45. The molecule has 88 valence electrons. The van der Waals surface area contributed by atoms with Crippen molar-refractivity contribution in [2.24, 2.45) is 5.73 Å². The number of ether oxygens (including phenoxy) is 2. The van der Waals surface area contributed by atoms with Gasteiger partial charge < -0.3 is 20.3 Å². The first-order chi connectivity index (χ1) is 7.69. The Morgan fingerprint density at radius 3 is 3.06 bits per heavy atom. The molecule has 1 aliphatic heterocycles. The molecule has 2 rings (SSSR count). The van der Waals surface area contributed by atoms with Crippen LogP contribution in [0.1, 0.15) is 17.2 Å². The zero-order valence-electron chi connectivity index (χ0n) is 9.00. The molecule has 1 atom stereocenters. The van der Waals surface area contributed by atoms with Gasteiger partial charge >= 0.3 is 0 Å². The highest BCUT2D eigenvalue weighted by Crippen LogP contribution is 2.44. The lowest BCUT2D eigenvalue weighted by atomic mass is 10.0. The van der Waals surface area contributed by atoms with Crippen LogP contribution in [0.4, 0.5) is 0 Å². The summed E-state index contributed by atoms with van der Waals surface area (Å²) in [4.78, 5) is 0. The van der Waals surface area contributed by atoms with Crippen LogP contribution < -0.4 is 15.2 Å². The van der Waals surface area contributed by atoms with Crippen LogP contribution in [0.15, 0.2) is 6.07 Å². The molecular weight excluding hydrogens is 230 g/mol. The summed E-state index contributed by atoms with van der Waals surface area (Å²) in [6, 6.07) is 1.23. The number of fused-ring (bicyclic) bond motifs is 1. The van der Waals surface area contributed by atoms with Gasteiger partial charge in [0.15, 0.2) is 11.5 Å². The van der Waals surface area contributed by atoms with Crippen LogP contribution in [-0.2, 0) is 6.42 Å². The van der Waals surface area contributed by atoms with E-state index >= 15 is 0 Å². The lowest BCUT2D eigenvalue weighted by molar-refractivity contribution is 0.262. The summed E-state index contributed by atoms with van der Waals surface area (Å²) in [7, 11) is 1.55. The van der Waals surface area contributed by atoms with E-state index in [-0.39, 0.29) is 6.61 Å². The number of hydrogen-bond donors (Lipinski definition) is 2. The summed E-state index contributed by atoms with van der Waals surface area (Å²) in [5.74, 6) is 1.24. The first kappa shape index (κ1) is 11.5. The Labute approximate surface area is 98.9 Å². The van der Waals surface area contributed by atoms with Gasteiger partial charge in [0.25, 0.3) is 0 Å². The summed E-state index contributed by atoms with van der Waals surface area (Å²) in [5.41, 5.74) is 7.42. The second-order valence-corrected chi connectivity index (χ2v) is 4.08. The Hall–Kier alpha value is -0.970. The van der Waals surface area contributed by atoms with Gasteiger partial charge in [-0.3, -0.25) is 0 Å². The summed E-state index contributed by atoms with van der Waals surface area (Å²) >= 11 is 6.13. The highest BCUT2D eigenvalue weighted by molar-refractivity contribution is 6.31. The van der Waals surface area contributed by atoms with Crippen molar-refractivity contribution < 1.29 is 14.6 Å². The van der Waals surface area contributed by atoms with Gasteiger partial charge in [-0.1, -0.05) is 11.6 Å². The second kappa shape index (κ2) is 4.49. The third-order valence-electron chi connectivity index (χ3n) is 2.71. The SMILES string of the molecule is COc1c(C(N)CO)cc(Cl)c2c1OCC2. The summed E-state index contributed by atoms with van der Waals surface area (Å²) in [6.07, 6.45) is 0.777. The average molecular weight is 244 g/mol. The van der Waals surface area contributed by atoms with E-state index in [1.54, 1.807) is 13.2 Å². The minimum atomic E-state index is -0.512. The zero-order valence-corrected chi connectivity index (χ0v) is 9.75. The van der Waals surface area contributed by atoms with Crippen LogP contribution in [-0.4, -0.2) is 25.4 Å². The third-order valence-corrected chi connectivity index (χ3v) is 3.05. The molecule has 0 fully saturated rings. The van der Waals surface area contributed by atoms with Crippen LogP contribution in [0.3, 0.4) is 0 Å². The van der Waals surface area contributed by atoms with Crippen molar-refractivity contribution in [2.45, 2.75) is 12.5 Å². The molecule has 0 radical (unpaired) electrons. The fourth-order valence-electron chi connectivity index (χ4n) is 1.89. The van der Waals surface area contributed by atoms with Crippen molar-refractivity contribution in [3.63, 3.8) is 0 Å². The molecule has 0 aliphatic carbocycles. The predicted molar refractivity (Wildman–Crippen MR) is 61.2 cm³/mol. The Kier molecular flexibility index (Phi) is 3.23. The number of aliphatic hydroxyl groups is 1. The minimum absolute atomic E-state index is 0.161. The van der Waals surface area contributed by atoms with Gasteiger partial charge in [-0.15, -0.1) is 0 Å². The van der Waals surface area contributed by atoms with Gasteiger partial charge in [-0.25, -0.2) is 0 Å². The molecular formula is C11H14ClNO3. The Morgan fingerprint density at radius 2 is 2.44 bits per heavy atom. The molecule has 1 aromatic rings. The fraction of sp³-hybridized carbons (Fsp3) is 0.455. The number of benzene rings is 1. The highest BCUT2D eigenvalue weighted by Gasteiger charge is 2.25. The van der Waals surface area contributed by atoms with Gasteiger partial charge in [-0.2, -0.15) is 0 Å². The lowest BCUT2D eigenvalue weighted by Gasteiger charge is -2.17. The van der Waals surface area contributed by atoms with E-state index in [0.29, 0.717) is 28.7 Å². The van der Waals surface area contributed by atoms with Gasteiger partial charge in [0, 0.05) is 22.6 Å². The number of nitrogens with two attached hydrogens (primary N) is 1. The maximum Gasteiger partial charge on any atom is 0.166 e. The molecule has 0 spiro atoms. The van der Waals surface area contributed by atoms with E-state index in [1.165, 1.54) is 0 Å². The largest absolute Gasteiger partial charge is 0.492 e. The van der Waals surface area contributed by atoms with Crippen molar-refractivity contribution in [2.75, 3.05) is 20.3 Å². The predicted octanol–water partition coefficient (Wildman–Crippen LogP) is 1.28. The van der Waals surface area contributed by atoms with Gasteiger partial charge in [-0.05, 0) is 6.07 Å². The average Bonchev–Trinajstić information content (AvgIpc) is 2.77. The molecule has 1 heterocycles. The monoisotopic (exact) mass is 243 g/mol. The van der Waals surface area contributed by atoms with E-state index in [0.717, 1.165) is 12.0 Å². The van der Waals surface area contributed by atoms with E-state index in [1.807, 2.05) is 0 Å². The molecule has 16 heavy (non-hydrogen) atoms. The second-order valence-electron chi connectivity index (χ2n) is 3.68. The summed E-state index contributed by atoms with van der Waals surface area (Å²) < 4.78 is 10.8. The fourth-order valence-corrected chi connectivity index (χ4v) is 2.19. The van der Waals surface area contributed by atoms with E-state index in [9.17, 15) is 0 Å². The summed E-state index contributed by atoms with van der Waals surface area (Å²) in [5, 5.41) is 9.70. The summed E-state index contributed by atoms with van der Waals surface area (Å²) in [6.45, 7) is 0.439. The van der Waals surface area contributed by atoms with Crippen molar-refractivity contribution in [3.05, 3.63) is 22.2 Å². The molecule has 1 aliphatic rings. The van der Waals surface area contributed by atoms with Crippen LogP contribution in [0.5, 0.6) is 11.5 Å². The number of halogens is 1. The number of methoxy groups -OCH3 is 1. The van der Waals surface area contributed by atoms with Crippen molar-refractivity contribution >= 4 is 11.6 Å². The van der Waals surface area contributed by atoms with E-state index < -0.39 is 6.04 Å². The molecule has 0 aromatic heterocycles. The molecule has 1 unspecified atom stereocenters. The van der Waals surface area contributed by atoms with Crippen LogP contribution >= 0.6 is 11.6 Å². The van der Waals surface area contributed by atoms with Crippen LogP contribution in [0, 0.1) is 0 Å². The molecule has 1 aromatic carbocycles. The van der Waals surface area contributed by atoms with Gasteiger partial charge in [0.05, 0.1) is 26.4 Å². The highest BCUT2D eigenvalue weighted by atomic mass is 35.5. The molecule has 4 nitrogen and oxygen atoms in total. The Balaban J connectivity index is 2.57. The lowest BCUT2D eigenvalue weighted by Crippen LogP contribution is -2.16. The first-order valence-electron chi connectivity index (χ1n) is 5.07. The van der Waals surface area contributed by atoms with E-state index in [2.05, 4.69) is 0 Å². The molecule has 3 N–H and O–H groups in total. The van der Waals surface area contributed by atoms with Crippen LogP contribution in [0.2, 0.25) is 5.02 Å². The van der Waals surface area contributed by atoms with Crippen molar-refractivity contribution in [3.8, 4) is 11.5 Å². The van der Waals surface area contributed by atoms with E-state index in [4.69, 9.17) is 31.9 Å². The van der Waals surface area contributed by atoms with Gasteiger partial charge in [0.1, 0.15) is 0 Å². The number of rotatable bonds is 3. The normalized spacial score (nSPS) is 15.5. The molecule has 0 saturated heterocycles. The standard InChI is InChI=1S/C11H14ClNO3/c1-15-10-7(9(13)5-14)4-8(12)6-2-3-16-11(6)10/h4,9,14H,2-3,5,13H2,1H3. The van der Waals surface area contributed by atoms with Crippen LogP contribution in [0.25, 0.3) is 0 Å². The molecule has 5 heteroatoms. The van der Waals surface area contributed by atoms with Crippen molar-refractivity contribution in [1.29, 1.82) is 0 Å². The number of hydrogen-bond acceptors (Lipinski definition) is 4. The number of aliphatic hydroxyl groups excluding tert-OH is 1. The third kappa shape index (κ3) is 1.73. The van der Waals surface area contributed by atoms with Gasteiger partial charge in [0.2, 0.25) is 0 Å². The molecule has 0 bridgehead atoms. The maximum absolute atomic E-state index is 9.08. The Bertz CT molecular complexity index is 409.